The third-order valence-corrected chi connectivity index (χ3v) is 4.79. The third kappa shape index (κ3) is 1.52. The highest BCUT2D eigenvalue weighted by Gasteiger charge is 2.52. The van der Waals surface area contributed by atoms with Crippen molar-refractivity contribution in [1.29, 1.82) is 0 Å². The second kappa shape index (κ2) is 3.92. The first kappa shape index (κ1) is 11.4. The van der Waals surface area contributed by atoms with Crippen LogP contribution in [0, 0.1) is 0 Å². The second-order valence-electron chi connectivity index (χ2n) is 5.04. The van der Waals surface area contributed by atoms with Crippen molar-refractivity contribution in [3.63, 3.8) is 0 Å². The van der Waals surface area contributed by atoms with Crippen molar-refractivity contribution in [3.8, 4) is 0 Å². The van der Waals surface area contributed by atoms with Crippen LogP contribution < -0.4 is 0 Å². The van der Waals surface area contributed by atoms with E-state index in [1.807, 2.05) is 12.1 Å². The zero-order valence-corrected chi connectivity index (χ0v) is 11.4. The summed E-state index contributed by atoms with van der Waals surface area (Å²) in [4.78, 5) is 12.3. The molecule has 1 aromatic rings. The molecule has 0 aliphatic heterocycles. The molecule has 1 fully saturated rings. The summed E-state index contributed by atoms with van der Waals surface area (Å²) in [5.74, 6) is 0.336. The number of ether oxygens (including phenoxy) is 1. The second-order valence-corrected chi connectivity index (χ2v) is 5.95. The molecule has 1 spiro atoms. The highest BCUT2D eigenvalue weighted by Crippen LogP contribution is 2.51. The molecule has 0 bridgehead atoms. The van der Waals surface area contributed by atoms with E-state index < -0.39 is 0 Å². The number of halogens is 1. The highest BCUT2D eigenvalue weighted by atomic mass is 79.9. The minimum absolute atomic E-state index is 0.176. The minimum atomic E-state index is -0.176. The number of rotatable bonds is 1. The van der Waals surface area contributed by atoms with E-state index >= 15 is 0 Å². The van der Waals surface area contributed by atoms with Gasteiger partial charge in [-0.3, -0.25) is 4.79 Å². The van der Waals surface area contributed by atoms with Crippen LogP contribution in [-0.2, 0) is 10.2 Å². The number of carbonyl (C=O) groups excluding carboxylic acids is 1. The average molecular weight is 295 g/mol. The van der Waals surface area contributed by atoms with Crippen molar-refractivity contribution in [2.24, 2.45) is 0 Å². The van der Waals surface area contributed by atoms with E-state index in [-0.39, 0.29) is 5.41 Å². The molecule has 0 aromatic heterocycles. The molecule has 2 aliphatic carbocycles. The van der Waals surface area contributed by atoms with Gasteiger partial charge in [0, 0.05) is 17.1 Å². The molecule has 17 heavy (non-hydrogen) atoms. The largest absolute Gasteiger partial charge is 0.381 e. The standard InChI is InChI=1S/C14H15BrO2/c1-17-10-4-6-14(7-5-10)12-3-2-9(15)8-11(12)13(14)16/h2-3,8,10H,4-7H2,1H3. The Bertz CT molecular complexity index is 473. The number of Topliss-reactive ketones (excluding diaryl/α,β-unsaturated/α-hetero) is 1. The molecule has 0 heterocycles. The lowest BCUT2D eigenvalue weighted by molar-refractivity contribution is 0.0391. The van der Waals surface area contributed by atoms with Crippen LogP contribution in [0.1, 0.15) is 41.6 Å². The van der Waals surface area contributed by atoms with Gasteiger partial charge in [0.25, 0.3) is 0 Å². The van der Waals surface area contributed by atoms with E-state index in [2.05, 4.69) is 22.0 Å². The zero-order chi connectivity index (χ0) is 12.0. The summed E-state index contributed by atoms with van der Waals surface area (Å²) in [6.45, 7) is 0. The smallest absolute Gasteiger partial charge is 0.173 e. The van der Waals surface area contributed by atoms with Gasteiger partial charge in [-0.25, -0.2) is 0 Å². The Kier molecular flexibility index (Phi) is 2.64. The average Bonchev–Trinajstić information content (AvgIpc) is 2.38. The summed E-state index contributed by atoms with van der Waals surface area (Å²) in [6, 6.07) is 6.09. The van der Waals surface area contributed by atoms with Gasteiger partial charge in [-0.05, 0) is 43.4 Å². The van der Waals surface area contributed by atoms with Crippen molar-refractivity contribution in [3.05, 3.63) is 33.8 Å². The van der Waals surface area contributed by atoms with Crippen LogP contribution in [0.5, 0.6) is 0 Å². The number of hydrogen-bond donors (Lipinski definition) is 0. The third-order valence-electron chi connectivity index (χ3n) is 4.30. The van der Waals surface area contributed by atoms with Crippen LogP contribution >= 0.6 is 15.9 Å². The molecule has 3 heteroatoms. The summed E-state index contributed by atoms with van der Waals surface area (Å²) in [7, 11) is 1.76. The Hall–Kier alpha value is -0.670. The van der Waals surface area contributed by atoms with Crippen LogP contribution in [0.15, 0.2) is 22.7 Å². The fourth-order valence-electron chi connectivity index (χ4n) is 3.26. The first-order chi connectivity index (χ1) is 8.17. The summed E-state index contributed by atoms with van der Waals surface area (Å²) >= 11 is 3.42. The Morgan fingerprint density at radius 2 is 2.06 bits per heavy atom. The van der Waals surface area contributed by atoms with E-state index in [4.69, 9.17) is 4.74 Å². The fraction of sp³-hybridized carbons (Fsp3) is 0.500. The SMILES string of the molecule is COC1CCC2(CC1)C(=O)c1cc(Br)ccc12. The van der Waals surface area contributed by atoms with Gasteiger partial charge in [0.05, 0.1) is 11.5 Å². The molecular formula is C14H15BrO2. The van der Waals surface area contributed by atoms with Gasteiger partial charge >= 0.3 is 0 Å². The summed E-state index contributed by atoms with van der Waals surface area (Å²) in [5, 5.41) is 0. The normalized spacial score (nSPS) is 31.2. The van der Waals surface area contributed by atoms with Crippen molar-refractivity contribution in [2.45, 2.75) is 37.2 Å². The maximum atomic E-state index is 12.3. The molecule has 0 N–H and O–H groups in total. The molecule has 1 saturated carbocycles. The highest BCUT2D eigenvalue weighted by molar-refractivity contribution is 9.10. The van der Waals surface area contributed by atoms with E-state index in [9.17, 15) is 4.79 Å². The van der Waals surface area contributed by atoms with Gasteiger partial charge in [-0.1, -0.05) is 22.0 Å². The van der Waals surface area contributed by atoms with Crippen LogP contribution in [0.2, 0.25) is 0 Å². The van der Waals surface area contributed by atoms with Crippen LogP contribution in [0.25, 0.3) is 0 Å². The number of fused-ring (bicyclic) bond motifs is 2. The predicted octanol–water partition coefficient (Wildman–Crippen LogP) is 3.47. The van der Waals surface area contributed by atoms with Gasteiger partial charge in [-0.15, -0.1) is 0 Å². The van der Waals surface area contributed by atoms with Crippen molar-refractivity contribution in [1.82, 2.24) is 0 Å². The molecule has 0 unspecified atom stereocenters. The number of methoxy groups -OCH3 is 1. The first-order valence-electron chi connectivity index (χ1n) is 6.05. The maximum Gasteiger partial charge on any atom is 0.173 e. The molecule has 1 aromatic carbocycles. The van der Waals surface area contributed by atoms with E-state index in [0.29, 0.717) is 11.9 Å². The van der Waals surface area contributed by atoms with E-state index in [0.717, 1.165) is 35.7 Å². The first-order valence-corrected chi connectivity index (χ1v) is 6.84. The molecular weight excluding hydrogens is 280 g/mol. The maximum absolute atomic E-state index is 12.3. The molecule has 0 amide bonds. The summed E-state index contributed by atoms with van der Waals surface area (Å²) in [6.07, 6.45) is 4.22. The Morgan fingerprint density at radius 1 is 1.35 bits per heavy atom. The minimum Gasteiger partial charge on any atom is -0.381 e. The Morgan fingerprint density at radius 3 is 2.71 bits per heavy atom. The lowest BCUT2D eigenvalue weighted by Crippen LogP contribution is -2.49. The Labute approximate surface area is 109 Å². The predicted molar refractivity (Wildman–Crippen MR) is 69.4 cm³/mol. The molecule has 90 valence electrons. The quantitative estimate of drug-likeness (QED) is 0.793. The summed E-state index contributed by atoms with van der Waals surface area (Å²) < 4.78 is 6.37. The molecule has 0 atom stereocenters. The number of carbonyl (C=O) groups is 1. The zero-order valence-electron chi connectivity index (χ0n) is 9.83. The van der Waals surface area contributed by atoms with Crippen LogP contribution in [-0.4, -0.2) is 19.0 Å². The van der Waals surface area contributed by atoms with Crippen molar-refractivity contribution in [2.75, 3.05) is 7.11 Å². The molecule has 0 radical (unpaired) electrons. The number of benzene rings is 1. The molecule has 3 rings (SSSR count). The van der Waals surface area contributed by atoms with Crippen LogP contribution in [0.4, 0.5) is 0 Å². The number of hydrogen-bond acceptors (Lipinski definition) is 2. The number of ketones is 1. The van der Waals surface area contributed by atoms with Gasteiger partial charge in [-0.2, -0.15) is 0 Å². The van der Waals surface area contributed by atoms with Gasteiger partial charge in [0.1, 0.15) is 0 Å². The lowest BCUT2D eigenvalue weighted by Gasteiger charge is -2.46. The van der Waals surface area contributed by atoms with E-state index in [1.54, 1.807) is 7.11 Å². The van der Waals surface area contributed by atoms with Gasteiger partial charge < -0.3 is 4.74 Å². The van der Waals surface area contributed by atoms with E-state index in [1.165, 1.54) is 5.56 Å². The van der Waals surface area contributed by atoms with Crippen molar-refractivity contribution < 1.29 is 9.53 Å². The van der Waals surface area contributed by atoms with Gasteiger partial charge in [0.2, 0.25) is 0 Å². The fourth-order valence-corrected chi connectivity index (χ4v) is 3.62. The molecule has 2 aliphatic rings. The molecule has 2 nitrogen and oxygen atoms in total. The van der Waals surface area contributed by atoms with Crippen LogP contribution in [0.3, 0.4) is 0 Å². The summed E-state index contributed by atoms with van der Waals surface area (Å²) in [5.41, 5.74) is 1.99. The molecule has 0 saturated heterocycles. The monoisotopic (exact) mass is 294 g/mol. The topological polar surface area (TPSA) is 26.3 Å². The van der Waals surface area contributed by atoms with Gasteiger partial charge in [0.15, 0.2) is 5.78 Å². The Balaban J connectivity index is 1.92. The lowest BCUT2D eigenvalue weighted by atomic mass is 9.56. The van der Waals surface area contributed by atoms with Crippen molar-refractivity contribution >= 4 is 21.7 Å².